The first kappa shape index (κ1) is 16.6. The number of likely N-dealkylation sites (tertiary alicyclic amines) is 1. The second-order valence-electron chi connectivity index (χ2n) is 6.22. The van der Waals surface area contributed by atoms with Gasteiger partial charge in [-0.2, -0.15) is 5.26 Å². The lowest BCUT2D eigenvalue weighted by Crippen LogP contribution is -2.34. The maximum Gasteiger partial charge on any atom is 0.230 e. The molecular formula is C17H20FN5O. The van der Waals surface area contributed by atoms with Gasteiger partial charge >= 0.3 is 0 Å². The number of halogens is 1. The Morgan fingerprint density at radius 3 is 3.00 bits per heavy atom. The van der Waals surface area contributed by atoms with Gasteiger partial charge in [0.15, 0.2) is 0 Å². The zero-order valence-electron chi connectivity index (χ0n) is 13.9. The number of hydrogen-bond acceptors (Lipinski definition) is 6. The summed E-state index contributed by atoms with van der Waals surface area (Å²) in [5, 5.41) is 17.0. The average Bonchev–Trinajstić information content (AvgIpc) is 3.18. The van der Waals surface area contributed by atoms with Crippen LogP contribution in [0.25, 0.3) is 0 Å². The van der Waals surface area contributed by atoms with Crippen LogP contribution in [0.1, 0.15) is 29.3 Å². The van der Waals surface area contributed by atoms with E-state index in [4.69, 9.17) is 9.68 Å². The first-order valence-electron chi connectivity index (χ1n) is 7.95. The minimum Gasteiger partial charge on any atom is -0.424 e. The summed E-state index contributed by atoms with van der Waals surface area (Å²) >= 11 is 0. The van der Waals surface area contributed by atoms with Crippen molar-refractivity contribution in [2.24, 2.45) is 0 Å². The molecule has 1 saturated heterocycles. The Kier molecular flexibility index (Phi) is 4.88. The Bertz CT molecular complexity index is 754. The normalized spacial score (nSPS) is 18.2. The van der Waals surface area contributed by atoms with Crippen molar-refractivity contribution in [2.45, 2.75) is 32.5 Å². The summed E-state index contributed by atoms with van der Waals surface area (Å²) in [7, 11) is 2.05. The molecule has 1 fully saturated rings. The first-order valence-corrected chi connectivity index (χ1v) is 7.95. The third-order valence-electron chi connectivity index (χ3n) is 4.41. The molecule has 1 atom stereocenters. The van der Waals surface area contributed by atoms with E-state index in [-0.39, 0.29) is 5.82 Å². The fourth-order valence-electron chi connectivity index (χ4n) is 3.09. The van der Waals surface area contributed by atoms with Crippen LogP contribution in [0.4, 0.5) is 4.39 Å². The molecule has 1 aliphatic rings. The molecular weight excluding hydrogens is 309 g/mol. The summed E-state index contributed by atoms with van der Waals surface area (Å²) in [6.45, 7) is 4.90. The Hall–Kier alpha value is -2.30. The minimum atomic E-state index is -0.371. The maximum atomic E-state index is 13.2. The number of likely N-dealkylation sites (N-methyl/N-ethyl adjacent to an activating group) is 1. The number of nitrogens with zero attached hydrogens (tertiary/aromatic N) is 5. The molecule has 2 heterocycles. The van der Waals surface area contributed by atoms with Gasteiger partial charge in [0.2, 0.25) is 11.8 Å². The first-order chi connectivity index (χ1) is 11.5. The number of aryl methyl sites for hydroxylation is 1. The van der Waals surface area contributed by atoms with Crippen LogP contribution in [-0.2, 0) is 13.1 Å². The lowest BCUT2D eigenvalue weighted by Gasteiger charge is -2.23. The van der Waals surface area contributed by atoms with Crippen LogP contribution in [0.2, 0.25) is 0 Å². The van der Waals surface area contributed by atoms with Crippen LogP contribution in [0.3, 0.4) is 0 Å². The van der Waals surface area contributed by atoms with Gasteiger partial charge in [-0.15, -0.1) is 10.2 Å². The van der Waals surface area contributed by atoms with Crippen LogP contribution in [0, 0.1) is 24.1 Å². The molecule has 2 aromatic rings. The van der Waals surface area contributed by atoms with Gasteiger partial charge in [-0.3, -0.25) is 9.80 Å². The largest absolute Gasteiger partial charge is 0.424 e. The molecule has 24 heavy (non-hydrogen) atoms. The third-order valence-corrected chi connectivity index (χ3v) is 4.41. The molecule has 3 rings (SSSR count). The zero-order chi connectivity index (χ0) is 17.1. The van der Waals surface area contributed by atoms with E-state index in [9.17, 15) is 4.39 Å². The van der Waals surface area contributed by atoms with Crippen LogP contribution in [0.5, 0.6) is 0 Å². The Balaban J connectivity index is 1.58. The molecule has 0 saturated carbocycles. The van der Waals surface area contributed by atoms with Gasteiger partial charge in [0.1, 0.15) is 5.82 Å². The Labute approximate surface area is 140 Å². The van der Waals surface area contributed by atoms with Crippen molar-refractivity contribution < 1.29 is 8.81 Å². The van der Waals surface area contributed by atoms with Gasteiger partial charge in [0.25, 0.3) is 0 Å². The fourth-order valence-corrected chi connectivity index (χ4v) is 3.09. The van der Waals surface area contributed by atoms with Crippen molar-refractivity contribution >= 4 is 0 Å². The zero-order valence-corrected chi connectivity index (χ0v) is 13.9. The summed E-state index contributed by atoms with van der Waals surface area (Å²) in [4.78, 5) is 4.50. The van der Waals surface area contributed by atoms with Crippen molar-refractivity contribution in [2.75, 3.05) is 20.1 Å². The predicted molar refractivity (Wildman–Crippen MR) is 85.3 cm³/mol. The van der Waals surface area contributed by atoms with Crippen LogP contribution < -0.4 is 0 Å². The molecule has 0 radical (unpaired) electrons. The van der Waals surface area contributed by atoms with E-state index in [2.05, 4.69) is 26.1 Å². The Morgan fingerprint density at radius 2 is 2.29 bits per heavy atom. The van der Waals surface area contributed by atoms with Crippen molar-refractivity contribution in [1.82, 2.24) is 20.0 Å². The lowest BCUT2D eigenvalue weighted by molar-refractivity contribution is 0.204. The standard InChI is InChI=1S/C17H20FN5O/c1-12-20-21-17(24-12)11-22(2)16-5-6-23(10-16)9-13-3-4-15(18)7-14(13)8-19/h3-4,7,16H,5-6,9-11H2,1-2H3/t16-/m0/s1. The topological polar surface area (TPSA) is 69.2 Å². The van der Waals surface area contributed by atoms with Crippen LogP contribution in [0.15, 0.2) is 22.6 Å². The second kappa shape index (κ2) is 7.07. The van der Waals surface area contributed by atoms with Gasteiger partial charge in [-0.25, -0.2) is 4.39 Å². The molecule has 1 aromatic carbocycles. The monoisotopic (exact) mass is 329 g/mol. The van der Waals surface area contributed by atoms with Crippen molar-refractivity contribution in [3.05, 3.63) is 46.9 Å². The molecule has 1 aliphatic heterocycles. The van der Waals surface area contributed by atoms with E-state index < -0.39 is 0 Å². The number of benzene rings is 1. The predicted octanol–water partition coefficient (Wildman–Crippen LogP) is 2.10. The van der Waals surface area contributed by atoms with Crippen LogP contribution >= 0.6 is 0 Å². The highest BCUT2D eigenvalue weighted by molar-refractivity contribution is 5.37. The van der Waals surface area contributed by atoms with Gasteiger partial charge in [0.05, 0.1) is 18.2 Å². The SMILES string of the molecule is Cc1nnc(CN(C)[C@H]2CCN(Cc3ccc(F)cc3C#N)C2)o1. The number of hydrogen-bond donors (Lipinski definition) is 0. The lowest BCUT2D eigenvalue weighted by atomic mass is 10.1. The van der Waals surface area contributed by atoms with E-state index in [0.717, 1.165) is 25.1 Å². The smallest absolute Gasteiger partial charge is 0.230 e. The molecule has 7 heteroatoms. The number of nitriles is 1. The molecule has 0 amide bonds. The van der Waals surface area contributed by atoms with Gasteiger partial charge in [-0.05, 0) is 31.2 Å². The maximum absolute atomic E-state index is 13.2. The minimum absolute atomic E-state index is 0.371. The highest BCUT2D eigenvalue weighted by atomic mass is 19.1. The molecule has 6 nitrogen and oxygen atoms in total. The summed E-state index contributed by atoms with van der Waals surface area (Å²) in [6.07, 6.45) is 1.03. The van der Waals surface area contributed by atoms with Gasteiger partial charge in [-0.1, -0.05) is 6.07 Å². The molecule has 0 aliphatic carbocycles. The quantitative estimate of drug-likeness (QED) is 0.837. The van der Waals surface area contributed by atoms with E-state index >= 15 is 0 Å². The molecule has 0 N–H and O–H groups in total. The average molecular weight is 329 g/mol. The van der Waals surface area contributed by atoms with Gasteiger partial charge in [0, 0.05) is 32.6 Å². The molecule has 0 unspecified atom stereocenters. The third kappa shape index (κ3) is 3.78. The highest BCUT2D eigenvalue weighted by Crippen LogP contribution is 2.20. The van der Waals surface area contributed by atoms with Crippen molar-refractivity contribution in [1.29, 1.82) is 5.26 Å². The fraction of sp³-hybridized carbons (Fsp3) is 0.471. The summed E-state index contributed by atoms with van der Waals surface area (Å²) in [5.41, 5.74) is 1.28. The highest BCUT2D eigenvalue weighted by Gasteiger charge is 2.27. The molecule has 0 bridgehead atoms. The molecule has 1 aromatic heterocycles. The summed E-state index contributed by atoms with van der Waals surface area (Å²) in [5.74, 6) is 0.828. The number of rotatable bonds is 5. The number of aromatic nitrogens is 2. The van der Waals surface area contributed by atoms with Gasteiger partial charge < -0.3 is 4.42 Å². The van der Waals surface area contributed by atoms with E-state index in [1.54, 1.807) is 13.0 Å². The molecule has 126 valence electrons. The second-order valence-corrected chi connectivity index (χ2v) is 6.22. The summed E-state index contributed by atoms with van der Waals surface area (Å²) in [6, 6.07) is 6.88. The van der Waals surface area contributed by atoms with E-state index in [0.29, 0.717) is 36.5 Å². The summed E-state index contributed by atoms with van der Waals surface area (Å²) < 4.78 is 18.7. The Morgan fingerprint density at radius 1 is 1.46 bits per heavy atom. The van der Waals surface area contributed by atoms with Crippen LogP contribution in [-0.4, -0.2) is 46.2 Å². The van der Waals surface area contributed by atoms with E-state index in [1.165, 1.54) is 12.1 Å². The molecule has 0 spiro atoms. The van der Waals surface area contributed by atoms with Crippen molar-refractivity contribution in [3.8, 4) is 6.07 Å². The van der Waals surface area contributed by atoms with Crippen molar-refractivity contribution in [3.63, 3.8) is 0 Å². The van der Waals surface area contributed by atoms with E-state index in [1.807, 2.05) is 7.05 Å².